The van der Waals surface area contributed by atoms with Gasteiger partial charge in [0, 0.05) is 10.6 Å². The molecule has 0 unspecified atom stereocenters. The van der Waals surface area contributed by atoms with Gasteiger partial charge in [0.05, 0.1) is 5.41 Å². The molecule has 1 N–H and O–H groups in total. The van der Waals surface area contributed by atoms with E-state index in [9.17, 15) is 9.90 Å². The molecule has 0 atom stereocenters. The van der Waals surface area contributed by atoms with Gasteiger partial charge < -0.3 is 5.11 Å². The van der Waals surface area contributed by atoms with Crippen LogP contribution in [0.3, 0.4) is 0 Å². The van der Waals surface area contributed by atoms with E-state index in [4.69, 9.17) is 0 Å². The van der Waals surface area contributed by atoms with Gasteiger partial charge in [-0.05, 0) is 36.5 Å². The number of carbonyl (C=O) groups is 1. The molecule has 96 valence electrons. The first-order valence-corrected chi connectivity index (χ1v) is 7.71. The van der Waals surface area contributed by atoms with Crippen LogP contribution >= 0.6 is 11.8 Å². The maximum absolute atomic E-state index is 11.9. The van der Waals surface area contributed by atoms with E-state index in [1.54, 1.807) is 0 Å². The second-order valence-electron chi connectivity index (χ2n) is 5.33. The Morgan fingerprint density at radius 1 is 1.22 bits per heavy atom. The van der Waals surface area contributed by atoms with Crippen LogP contribution in [0, 0.1) is 0 Å². The van der Waals surface area contributed by atoms with E-state index >= 15 is 0 Å². The van der Waals surface area contributed by atoms with E-state index in [2.05, 4.69) is 12.1 Å². The highest BCUT2D eigenvalue weighted by molar-refractivity contribution is 7.99. The van der Waals surface area contributed by atoms with Crippen molar-refractivity contribution in [2.45, 2.75) is 48.8 Å². The Bertz CT molecular complexity index is 475. The van der Waals surface area contributed by atoms with Crippen LogP contribution in [0.5, 0.6) is 0 Å². The molecule has 1 fully saturated rings. The Hall–Kier alpha value is -0.960. The van der Waals surface area contributed by atoms with Gasteiger partial charge in [0.15, 0.2) is 0 Å². The van der Waals surface area contributed by atoms with E-state index in [0.29, 0.717) is 0 Å². The smallest absolute Gasteiger partial charge is 0.314 e. The first-order valence-electron chi connectivity index (χ1n) is 6.73. The van der Waals surface area contributed by atoms with Crippen molar-refractivity contribution >= 4 is 17.7 Å². The largest absolute Gasteiger partial charge is 0.481 e. The third kappa shape index (κ3) is 1.76. The molecule has 1 aliphatic carbocycles. The number of hydrogen-bond acceptors (Lipinski definition) is 2. The molecule has 0 radical (unpaired) electrons. The Kier molecular flexibility index (Phi) is 3.10. The summed E-state index contributed by atoms with van der Waals surface area (Å²) in [6.45, 7) is 0. The van der Waals surface area contributed by atoms with Crippen molar-refractivity contribution in [2.24, 2.45) is 0 Å². The van der Waals surface area contributed by atoms with Crippen LogP contribution in [-0.4, -0.2) is 16.8 Å². The van der Waals surface area contributed by atoms with Crippen molar-refractivity contribution in [3.05, 3.63) is 29.3 Å². The second kappa shape index (κ2) is 4.61. The number of carboxylic acids is 1. The van der Waals surface area contributed by atoms with E-state index in [0.717, 1.165) is 43.4 Å². The summed E-state index contributed by atoms with van der Waals surface area (Å²) in [6.07, 6.45) is 5.92. The highest BCUT2D eigenvalue weighted by atomic mass is 32.2. The summed E-state index contributed by atoms with van der Waals surface area (Å²) < 4.78 is 0. The van der Waals surface area contributed by atoms with Gasteiger partial charge in [-0.3, -0.25) is 4.79 Å². The van der Waals surface area contributed by atoms with Crippen molar-refractivity contribution in [3.8, 4) is 0 Å². The lowest BCUT2D eigenvalue weighted by Crippen LogP contribution is -2.38. The fraction of sp³-hybridized carbons (Fsp3) is 0.533. The minimum atomic E-state index is -0.618. The predicted molar refractivity (Wildman–Crippen MR) is 73.3 cm³/mol. The van der Waals surface area contributed by atoms with Gasteiger partial charge in [0.2, 0.25) is 0 Å². The average Bonchev–Trinajstić information content (AvgIpc) is 2.87. The zero-order valence-electron chi connectivity index (χ0n) is 10.4. The van der Waals surface area contributed by atoms with Crippen LogP contribution in [0.25, 0.3) is 0 Å². The van der Waals surface area contributed by atoms with Crippen molar-refractivity contribution < 1.29 is 9.90 Å². The van der Waals surface area contributed by atoms with E-state index in [1.807, 2.05) is 17.8 Å². The number of benzene rings is 1. The Balaban J connectivity index is 2.11. The second-order valence-corrected chi connectivity index (χ2v) is 6.47. The maximum atomic E-state index is 11.9. The molecule has 0 spiro atoms. The minimum Gasteiger partial charge on any atom is -0.481 e. The van der Waals surface area contributed by atoms with E-state index in [1.165, 1.54) is 16.9 Å². The van der Waals surface area contributed by atoms with Gasteiger partial charge in [0.1, 0.15) is 0 Å². The lowest BCUT2D eigenvalue weighted by molar-refractivity contribution is -0.145. The average molecular weight is 262 g/mol. The van der Waals surface area contributed by atoms with Crippen molar-refractivity contribution in [3.63, 3.8) is 0 Å². The van der Waals surface area contributed by atoms with Crippen LogP contribution in [0.4, 0.5) is 0 Å². The first-order chi connectivity index (χ1) is 8.74. The fourth-order valence-electron chi connectivity index (χ4n) is 3.42. The van der Waals surface area contributed by atoms with E-state index in [-0.39, 0.29) is 0 Å². The van der Waals surface area contributed by atoms with Crippen molar-refractivity contribution in [1.82, 2.24) is 0 Å². The molecule has 1 aliphatic heterocycles. The number of carboxylic acid groups (broad SMARTS) is 1. The molecule has 1 saturated carbocycles. The molecule has 0 amide bonds. The van der Waals surface area contributed by atoms with Gasteiger partial charge in [-0.25, -0.2) is 0 Å². The molecule has 0 aromatic heterocycles. The topological polar surface area (TPSA) is 37.3 Å². The Morgan fingerprint density at radius 2 is 2.00 bits per heavy atom. The Morgan fingerprint density at radius 3 is 2.72 bits per heavy atom. The first kappa shape index (κ1) is 12.1. The van der Waals surface area contributed by atoms with E-state index < -0.39 is 11.4 Å². The number of rotatable bonds is 2. The molecular weight excluding hydrogens is 244 g/mol. The van der Waals surface area contributed by atoms with Gasteiger partial charge >= 0.3 is 5.97 Å². The van der Waals surface area contributed by atoms with Crippen molar-refractivity contribution in [1.29, 1.82) is 0 Å². The van der Waals surface area contributed by atoms with Crippen LogP contribution in [0.1, 0.15) is 43.2 Å². The molecule has 3 heteroatoms. The molecule has 1 heterocycles. The molecule has 1 aromatic carbocycles. The third-order valence-electron chi connectivity index (χ3n) is 4.37. The molecule has 3 rings (SSSR count). The maximum Gasteiger partial charge on any atom is 0.314 e. The SMILES string of the molecule is O=C(O)C1(c2cccc3c2CCS3)CCCCC1. The van der Waals surface area contributed by atoms with Gasteiger partial charge in [-0.1, -0.05) is 31.4 Å². The highest BCUT2D eigenvalue weighted by Crippen LogP contribution is 2.45. The summed E-state index contributed by atoms with van der Waals surface area (Å²) in [4.78, 5) is 13.2. The predicted octanol–water partition coefficient (Wildman–Crippen LogP) is 3.62. The summed E-state index contributed by atoms with van der Waals surface area (Å²) in [6, 6.07) is 6.23. The number of aliphatic carboxylic acids is 1. The molecule has 18 heavy (non-hydrogen) atoms. The number of hydrogen-bond donors (Lipinski definition) is 1. The fourth-order valence-corrected chi connectivity index (χ4v) is 4.51. The van der Waals surface area contributed by atoms with Crippen LogP contribution in [0.15, 0.2) is 23.1 Å². The number of thioether (sulfide) groups is 1. The molecule has 0 saturated heterocycles. The molecule has 2 nitrogen and oxygen atoms in total. The highest BCUT2D eigenvalue weighted by Gasteiger charge is 2.43. The Labute approximate surface area is 112 Å². The van der Waals surface area contributed by atoms with Crippen LogP contribution in [-0.2, 0) is 16.6 Å². The monoisotopic (exact) mass is 262 g/mol. The lowest BCUT2D eigenvalue weighted by atomic mass is 9.68. The third-order valence-corrected chi connectivity index (χ3v) is 5.48. The van der Waals surface area contributed by atoms with Gasteiger partial charge in [0.25, 0.3) is 0 Å². The van der Waals surface area contributed by atoms with Crippen LogP contribution in [0.2, 0.25) is 0 Å². The quantitative estimate of drug-likeness (QED) is 0.884. The summed E-state index contributed by atoms with van der Waals surface area (Å²) in [5.41, 5.74) is 1.82. The molecular formula is C15H18O2S. The lowest BCUT2D eigenvalue weighted by Gasteiger charge is -2.35. The standard InChI is InChI=1S/C15H18O2S/c16-14(17)15(8-2-1-3-9-15)12-5-4-6-13-11(12)7-10-18-13/h4-6H,1-3,7-10H2,(H,16,17). The van der Waals surface area contributed by atoms with Crippen LogP contribution < -0.4 is 0 Å². The zero-order chi connectivity index (χ0) is 12.6. The molecule has 0 bridgehead atoms. The zero-order valence-corrected chi connectivity index (χ0v) is 11.3. The minimum absolute atomic E-state index is 0.603. The summed E-state index contributed by atoms with van der Waals surface area (Å²) in [5, 5.41) is 9.77. The molecule has 2 aliphatic rings. The van der Waals surface area contributed by atoms with Crippen molar-refractivity contribution in [2.75, 3.05) is 5.75 Å². The van der Waals surface area contributed by atoms with Gasteiger partial charge in [-0.15, -0.1) is 11.8 Å². The number of fused-ring (bicyclic) bond motifs is 1. The normalized spacial score (nSPS) is 21.6. The summed E-state index contributed by atoms with van der Waals surface area (Å²) in [5.74, 6) is 0.481. The summed E-state index contributed by atoms with van der Waals surface area (Å²) in [7, 11) is 0. The molecule has 1 aromatic rings. The van der Waals surface area contributed by atoms with Gasteiger partial charge in [-0.2, -0.15) is 0 Å². The summed E-state index contributed by atoms with van der Waals surface area (Å²) >= 11 is 1.86.